The van der Waals surface area contributed by atoms with Crippen LogP contribution in [0.25, 0.3) is 0 Å². The minimum absolute atomic E-state index is 0.680. The summed E-state index contributed by atoms with van der Waals surface area (Å²) >= 11 is 0. The summed E-state index contributed by atoms with van der Waals surface area (Å²) in [7, 11) is 0. The van der Waals surface area contributed by atoms with Crippen molar-refractivity contribution in [1.82, 2.24) is 5.32 Å². The summed E-state index contributed by atoms with van der Waals surface area (Å²) in [6.07, 6.45) is 7.33. The lowest BCUT2D eigenvalue weighted by Crippen LogP contribution is -2.47. The number of furan rings is 1. The van der Waals surface area contributed by atoms with Crippen LogP contribution >= 0.6 is 0 Å². The van der Waals surface area contributed by atoms with Gasteiger partial charge in [-0.1, -0.05) is 12.2 Å². The number of fused-ring (bicyclic) bond motifs is 1. The molecule has 3 unspecified atom stereocenters. The molecule has 0 aromatic carbocycles. The van der Waals surface area contributed by atoms with Crippen molar-refractivity contribution in [2.45, 2.75) is 32.4 Å². The fraction of sp³-hybridized carbons (Fsp3) is 0.538. The fourth-order valence-electron chi connectivity index (χ4n) is 2.76. The Kier molecular flexibility index (Phi) is 2.17. The van der Waals surface area contributed by atoms with Crippen LogP contribution in [0, 0.1) is 18.8 Å². The van der Waals surface area contributed by atoms with Gasteiger partial charge < -0.3 is 9.73 Å². The van der Waals surface area contributed by atoms with Crippen LogP contribution in [-0.2, 0) is 6.54 Å². The quantitative estimate of drug-likeness (QED) is 0.764. The minimum Gasteiger partial charge on any atom is -0.465 e. The highest BCUT2D eigenvalue weighted by Gasteiger charge is 2.40. The Hall–Kier alpha value is -1.02. The molecule has 0 radical (unpaired) electrons. The maximum atomic E-state index is 5.53. The molecule has 2 nitrogen and oxygen atoms in total. The van der Waals surface area contributed by atoms with Gasteiger partial charge in [-0.15, -0.1) is 0 Å². The lowest BCUT2D eigenvalue weighted by atomic mass is 9.71. The molecule has 0 amide bonds. The number of hydrogen-bond acceptors (Lipinski definition) is 2. The molecule has 0 aliphatic heterocycles. The number of allylic oxidation sites excluding steroid dienone is 1. The lowest BCUT2D eigenvalue weighted by Gasteiger charge is -2.40. The molecule has 2 heteroatoms. The van der Waals surface area contributed by atoms with Crippen molar-refractivity contribution >= 4 is 0 Å². The van der Waals surface area contributed by atoms with Crippen LogP contribution < -0.4 is 5.32 Å². The molecule has 1 N–H and O–H groups in total. The molecule has 1 aromatic rings. The standard InChI is InChI=1S/C13H17NO/c1-9-5-6-11(15-9)8-14-13-7-10-3-2-4-12(10)13/h2,4-6,10,12-14H,3,7-8H2,1H3. The number of rotatable bonds is 3. The summed E-state index contributed by atoms with van der Waals surface area (Å²) < 4.78 is 5.53. The predicted octanol–water partition coefficient (Wildman–Crippen LogP) is 2.64. The Labute approximate surface area is 90.4 Å². The third-order valence-electron chi connectivity index (χ3n) is 3.70. The summed E-state index contributed by atoms with van der Waals surface area (Å²) in [6, 6.07) is 4.76. The highest BCUT2D eigenvalue weighted by atomic mass is 16.3. The van der Waals surface area contributed by atoms with Gasteiger partial charge in [0.1, 0.15) is 11.5 Å². The number of hydrogen-bond donors (Lipinski definition) is 1. The van der Waals surface area contributed by atoms with Gasteiger partial charge in [0.25, 0.3) is 0 Å². The van der Waals surface area contributed by atoms with E-state index in [-0.39, 0.29) is 0 Å². The van der Waals surface area contributed by atoms with Gasteiger partial charge in [0.05, 0.1) is 6.54 Å². The van der Waals surface area contributed by atoms with E-state index in [1.807, 2.05) is 13.0 Å². The summed E-state index contributed by atoms with van der Waals surface area (Å²) in [5, 5.41) is 3.58. The zero-order chi connectivity index (χ0) is 10.3. The normalized spacial score (nSPS) is 32.7. The van der Waals surface area contributed by atoms with Crippen LogP contribution in [-0.4, -0.2) is 6.04 Å². The first-order valence-corrected chi connectivity index (χ1v) is 5.78. The molecule has 2 aliphatic rings. The first-order valence-electron chi connectivity index (χ1n) is 5.78. The van der Waals surface area contributed by atoms with Crippen LogP contribution in [0.15, 0.2) is 28.7 Å². The average Bonchev–Trinajstić information content (AvgIpc) is 2.75. The van der Waals surface area contributed by atoms with Crippen molar-refractivity contribution in [3.05, 3.63) is 35.8 Å². The summed E-state index contributed by atoms with van der Waals surface area (Å²) in [5.41, 5.74) is 0. The van der Waals surface area contributed by atoms with E-state index in [1.165, 1.54) is 12.8 Å². The maximum Gasteiger partial charge on any atom is 0.117 e. The second kappa shape index (κ2) is 3.53. The molecule has 3 rings (SSSR count). The van der Waals surface area contributed by atoms with Crippen LogP contribution in [0.5, 0.6) is 0 Å². The van der Waals surface area contributed by atoms with Crippen LogP contribution in [0.4, 0.5) is 0 Å². The Balaban J connectivity index is 1.53. The molecule has 15 heavy (non-hydrogen) atoms. The monoisotopic (exact) mass is 203 g/mol. The van der Waals surface area contributed by atoms with Crippen molar-refractivity contribution in [3.8, 4) is 0 Å². The minimum atomic E-state index is 0.680. The Morgan fingerprint density at radius 3 is 3.13 bits per heavy atom. The SMILES string of the molecule is Cc1ccc(CNC2CC3CC=CC32)o1. The van der Waals surface area contributed by atoms with E-state index in [4.69, 9.17) is 4.42 Å². The highest BCUT2D eigenvalue weighted by Crippen LogP contribution is 2.42. The molecular weight excluding hydrogens is 186 g/mol. The summed E-state index contributed by atoms with van der Waals surface area (Å²) in [4.78, 5) is 0. The lowest BCUT2D eigenvalue weighted by molar-refractivity contribution is 0.159. The van der Waals surface area contributed by atoms with E-state index in [2.05, 4.69) is 23.5 Å². The maximum absolute atomic E-state index is 5.53. The van der Waals surface area contributed by atoms with E-state index in [9.17, 15) is 0 Å². The summed E-state index contributed by atoms with van der Waals surface area (Å²) in [5.74, 6) is 3.78. The Morgan fingerprint density at radius 2 is 2.40 bits per heavy atom. The molecular formula is C13H17NO. The fourth-order valence-corrected chi connectivity index (χ4v) is 2.76. The van der Waals surface area contributed by atoms with Crippen molar-refractivity contribution in [3.63, 3.8) is 0 Å². The molecule has 1 heterocycles. The smallest absolute Gasteiger partial charge is 0.117 e. The Morgan fingerprint density at radius 1 is 1.47 bits per heavy atom. The molecule has 2 aliphatic carbocycles. The van der Waals surface area contributed by atoms with Crippen LogP contribution in [0.1, 0.15) is 24.4 Å². The average molecular weight is 203 g/mol. The third kappa shape index (κ3) is 1.63. The van der Waals surface area contributed by atoms with Crippen molar-refractivity contribution in [2.24, 2.45) is 11.8 Å². The van der Waals surface area contributed by atoms with Gasteiger partial charge in [-0.3, -0.25) is 0 Å². The molecule has 3 atom stereocenters. The second-order valence-electron chi connectivity index (χ2n) is 4.74. The van der Waals surface area contributed by atoms with E-state index in [0.29, 0.717) is 6.04 Å². The third-order valence-corrected chi connectivity index (χ3v) is 3.70. The van der Waals surface area contributed by atoms with Crippen molar-refractivity contribution < 1.29 is 4.42 Å². The molecule has 1 fully saturated rings. The Bertz CT molecular complexity index is 380. The van der Waals surface area contributed by atoms with Gasteiger partial charge in [0.15, 0.2) is 0 Å². The van der Waals surface area contributed by atoms with E-state index in [0.717, 1.165) is 29.9 Å². The molecule has 0 bridgehead atoms. The number of aryl methyl sites for hydroxylation is 1. The second-order valence-corrected chi connectivity index (χ2v) is 4.74. The molecule has 0 spiro atoms. The van der Waals surface area contributed by atoms with Gasteiger partial charge >= 0.3 is 0 Å². The zero-order valence-corrected chi connectivity index (χ0v) is 9.07. The predicted molar refractivity (Wildman–Crippen MR) is 59.4 cm³/mol. The van der Waals surface area contributed by atoms with Crippen molar-refractivity contribution in [2.75, 3.05) is 0 Å². The first-order chi connectivity index (χ1) is 7.33. The molecule has 0 saturated heterocycles. The van der Waals surface area contributed by atoms with Gasteiger partial charge in [0, 0.05) is 6.04 Å². The zero-order valence-electron chi connectivity index (χ0n) is 9.07. The number of nitrogens with one attached hydrogen (secondary N) is 1. The topological polar surface area (TPSA) is 25.2 Å². The first kappa shape index (κ1) is 9.22. The highest BCUT2D eigenvalue weighted by molar-refractivity contribution is 5.13. The van der Waals surface area contributed by atoms with Gasteiger partial charge in [0.2, 0.25) is 0 Å². The van der Waals surface area contributed by atoms with Gasteiger partial charge in [-0.05, 0) is 43.7 Å². The van der Waals surface area contributed by atoms with E-state index >= 15 is 0 Å². The largest absolute Gasteiger partial charge is 0.465 e. The molecule has 1 saturated carbocycles. The van der Waals surface area contributed by atoms with Crippen LogP contribution in [0.2, 0.25) is 0 Å². The van der Waals surface area contributed by atoms with Crippen LogP contribution in [0.3, 0.4) is 0 Å². The van der Waals surface area contributed by atoms with Crippen molar-refractivity contribution in [1.29, 1.82) is 0 Å². The molecule has 80 valence electrons. The van der Waals surface area contributed by atoms with E-state index in [1.54, 1.807) is 0 Å². The molecule has 1 aromatic heterocycles. The van der Waals surface area contributed by atoms with Gasteiger partial charge in [-0.2, -0.15) is 0 Å². The summed E-state index contributed by atoms with van der Waals surface area (Å²) in [6.45, 7) is 2.86. The van der Waals surface area contributed by atoms with E-state index < -0.39 is 0 Å². The van der Waals surface area contributed by atoms with Gasteiger partial charge in [-0.25, -0.2) is 0 Å².